The summed E-state index contributed by atoms with van der Waals surface area (Å²) in [4.78, 5) is 28.9. The minimum absolute atomic E-state index is 0.0457. The number of likely N-dealkylation sites (tertiary alicyclic amines) is 1. The molecule has 1 aliphatic heterocycles. The van der Waals surface area contributed by atoms with Gasteiger partial charge in [0.05, 0.1) is 24.3 Å². The summed E-state index contributed by atoms with van der Waals surface area (Å²) < 4.78 is 7.07. The molecule has 0 radical (unpaired) electrons. The molecule has 1 unspecified atom stereocenters. The van der Waals surface area contributed by atoms with Crippen molar-refractivity contribution in [3.05, 3.63) is 90.6 Å². The number of methoxy groups -OCH3 is 1. The standard InChI is InChI=1S/C36H38N6O2/c1-23(24-10-12-27(13-11-24)36(43)44-2)41-21-28(22-41)25-14-16-29(17-15-25)42-34(30-9-6-20-38-33(30)37)40-32-19-18-31(39-35(32)42)26-7-4-3-5-8-26/h3-9,14-20,23-24,27-28H,10-13,21-22H2,1-2H3,(H2,37,38)/t23?,24-,27-. The van der Waals surface area contributed by atoms with E-state index in [-0.39, 0.29) is 11.9 Å². The second-order valence-electron chi connectivity index (χ2n) is 12.2. The molecular formula is C36H38N6O2. The third kappa shape index (κ3) is 5.24. The van der Waals surface area contributed by atoms with Crippen LogP contribution in [0.1, 0.15) is 44.1 Å². The van der Waals surface area contributed by atoms with E-state index in [9.17, 15) is 4.79 Å². The van der Waals surface area contributed by atoms with Crippen molar-refractivity contribution in [1.82, 2.24) is 24.4 Å². The smallest absolute Gasteiger partial charge is 0.308 e. The van der Waals surface area contributed by atoms with Gasteiger partial charge in [-0.15, -0.1) is 0 Å². The van der Waals surface area contributed by atoms with Gasteiger partial charge in [0.2, 0.25) is 0 Å². The van der Waals surface area contributed by atoms with Crippen LogP contribution in [0.25, 0.3) is 39.5 Å². The second kappa shape index (κ2) is 11.8. The average Bonchev–Trinajstić information content (AvgIpc) is 3.43. The van der Waals surface area contributed by atoms with Gasteiger partial charge >= 0.3 is 5.97 Å². The Morgan fingerprint density at radius 1 is 0.909 bits per heavy atom. The maximum atomic E-state index is 11.9. The van der Waals surface area contributed by atoms with Crippen LogP contribution in [-0.2, 0) is 9.53 Å². The van der Waals surface area contributed by atoms with Gasteiger partial charge in [-0.1, -0.05) is 42.5 Å². The van der Waals surface area contributed by atoms with Gasteiger partial charge < -0.3 is 10.5 Å². The van der Waals surface area contributed by atoms with Gasteiger partial charge in [0.15, 0.2) is 11.5 Å². The average molecular weight is 587 g/mol. The van der Waals surface area contributed by atoms with E-state index in [1.807, 2.05) is 42.5 Å². The van der Waals surface area contributed by atoms with Gasteiger partial charge in [0.1, 0.15) is 11.3 Å². The number of rotatable bonds is 7. The molecule has 0 spiro atoms. The Morgan fingerprint density at radius 3 is 2.36 bits per heavy atom. The number of anilines is 1. The summed E-state index contributed by atoms with van der Waals surface area (Å²) in [5.41, 5.74) is 13.0. The fourth-order valence-corrected chi connectivity index (χ4v) is 7.01. The minimum atomic E-state index is -0.0457. The van der Waals surface area contributed by atoms with Crippen molar-refractivity contribution < 1.29 is 9.53 Å². The monoisotopic (exact) mass is 586 g/mol. The molecular weight excluding hydrogens is 548 g/mol. The Kier molecular flexibility index (Phi) is 7.60. The first kappa shape index (κ1) is 28.2. The number of ether oxygens (including phenoxy) is 1. The number of nitrogens with zero attached hydrogens (tertiary/aromatic N) is 5. The van der Waals surface area contributed by atoms with Crippen LogP contribution >= 0.6 is 0 Å². The Hall–Kier alpha value is -4.56. The molecule has 1 saturated carbocycles. The van der Waals surface area contributed by atoms with Crippen molar-refractivity contribution in [1.29, 1.82) is 0 Å². The Bertz CT molecular complexity index is 1770. The van der Waals surface area contributed by atoms with Gasteiger partial charge in [0, 0.05) is 42.5 Å². The number of pyridine rings is 2. The van der Waals surface area contributed by atoms with E-state index in [4.69, 9.17) is 20.4 Å². The summed E-state index contributed by atoms with van der Waals surface area (Å²) in [5, 5.41) is 0. The van der Waals surface area contributed by atoms with E-state index in [0.717, 1.165) is 78.3 Å². The van der Waals surface area contributed by atoms with Gasteiger partial charge in [-0.25, -0.2) is 15.0 Å². The third-order valence-electron chi connectivity index (χ3n) is 9.75. The zero-order valence-electron chi connectivity index (χ0n) is 25.3. The highest BCUT2D eigenvalue weighted by molar-refractivity contribution is 5.84. The lowest BCUT2D eigenvalue weighted by molar-refractivity contribution is -0.147. The highest BCUT2D eigenvalue weighted by atomic mass is 16.5. The molecule has 1 saturated heterocycles. The number of fused-ring (bicyclic) bond motifs is 1. The molecule has 2 fully saturated rings. The molecule has 5 aromatic rings. The van der Waals surface area contributed by atoms with Crippen LogP contribution in [-0.4, -0.2) is 56.6 Å². The highest BCUT2D eigenvalue weighted by Crippen LogP contribution is 2.38. The summed E-state index contributed by atoms with van der Waals surface area (Å²) >= 11 is 0. The van der Waals surface area contributed by atoms with Crippen LogP contribution in [0, 0.1) is 11.8 Å². The molecule has 1 atom stereocenters. The van der Waals surface area contributed by atoms with Crippen LogP contribution in [0.2, 0.25) is 0 Å². The summed E-state index contributed by atoms with van der Waals surface area (Å²) in [6, 6.07) is 27.4. The lowest BCUT2D eigenvalue weighted by Gasteiger charge is -2.47. The summed E-state index contributed by atoms with van der Waals surface area (Å²) in [6.07, 6.45) is 5.77. The zero-order chi connectivity index (χ0) is 30.2. The lowest BCUT2D eigenvalue weighted by atomic mass is 9.77. The molecule has 8 nitrogen and oxygen atoms in total. The van der Waals surface area contributed by atoms with Crippen molar-refractivity contribution in [2.24, 2.45) is 11.8 Å². The maximum absolute atomic E-state index is 11.9. The van der Waals surface area contributed by atoms with Crippen LogP contribution in [0.15, 0.2) is 85.1 Å². The summed E-state index contributed by atoms with van der Waals surface area (Å²) in [6.45, 7) is 4.48. The van der Waals surface area contributed by atoms with Gasteiger partial charge in [0.25, 0.3) is 0 Å². The molecule has 0 bridgehead atoms. The SMILES string of the molecule is COC(=O)[C@H]1CC[C@H](C(C)N2CC(c3ccc(-n4c(-c5cccnc5N)nc5ccc(-c6ccccc6)nc54)cc3)C2)CC1. The number of imidazole rings is 1. The van der Waals surface area contributed by atoms with Crippen LogP contribution < -0.4 is 5.73 Å². The fourth-order valence-electron chi connectivity index (χ4n) is 7.01. The van der Waals surface area contributed by atoms with Crippen molar-refractivity contribution in [2.45, 2.75) is 44.6 Å². The maximum Gasteiger partial charge on any atom is 0.308 e. The number of carbonyl (C=O) groups is 1. The zero-order valence-corrected chi connectivity index (χ0v) is 25.3. The van der Waals surface area contributed by atoms with E-state index in [2.05, 4.69) is 57.8 Å². The normalized spacial score (nSPS) is 19.9. The molecule has 1 aliphatic carbocycles. The first-order valence-corrected chi connectivity index (χ1v) is 15.6. The molecule has 44 heavy (non-hydrogen) atoms. The molecule has 4 heterocycles. The molecule has 8 heteroatoms. The predicted octanol–water partition coefficient (Wildman–Crippen LogP) is 6.50. The Morgan fingerprint density at radius 2 is 1.66 bits per heavy atom. The largest absolute Gasteiger partial charge is 0.469 e. The fraction of sp³-hybridized carbons (Fsp3) is 0.333. The van der Waals surface area contributed by atoms with E-state index >= 15 is 0 Å². The molecule has 2 aromatic carbocycles. The first-order chi connectivity index (χ1) is 21.5. The number of nitrogen functional groups attached to an aromatic ring is 1. The van der Waals surface area contributed by atoms with Crippen molar-refractivity contribution in [2.75, 3.05) is 25.9 Å². The summed E-state index contributed by atoms with van der Waals surface area (Å²) in [5.74, 6) is 2.34. The number of esters is 1. The van der Waals surface area contributed by atoms with Gasteiger partial charge in [-0.2, -0.15) is 0 Å². The topological polar surface area (TPSA) is 99.2 Å². The van der Waals surface area contributed by atoms with Gasteiger partial charge in [-0.3, -0.25) is 14.3 Å². The van der Waals surface area contributed by atoms with Crippen LogP contribution in [0.3, 0.4) is 0 Å². The quantitative estimate of drug-likeness (QED) is 0.217. The molecule has 224 valence electrons. The van der Waals surface area contributed by atoms with Crippen LogP contribution in [0.5, 0.6) is 0 Å². The number of aromatic nitrogens is 4. The summed E-state index contributed by atoms with van der Waals surface area (Å²) in [7, 11) is 1.50. The predicted molar refractivity (Wildman–Crippen MR) is 173 cm³/mol. The number of hydrogen-bond donors (Lipinski definition) is 1. The van der Waals surface area contributed by atoms with Crippen molar-refractivity contribution in [3.8, 4) is 28.3 Å². The third-order valence-corrected chi connectivity index (χ3v) is 9.75. The Balaban J connectivity index is 1.13. The number of nitrogens with two attached hydrogens (primary N) is 1. The minimum Gasteiger partial charge on any atom is -0.469 e. The molecule has 0 amide bonds. The number of benzene rings is 2. The van der Waals surface area contributed by atoms with Crippen LogP contribution in [0.4, 0.5) is 5.82 Å². The van der Waals surface area contributed by atoms with Crippen molar-refractivity contribution >= 4 is 23.0 Å². The molecule has 2 N–H and O–H groups in total. The second-order valence-corrected chi connectivity index (χ2v) is 12.2. The molecule has 7 rings (SSSR count). The van der Waals surface area contributed by atoms with Crippen molar-refractivity contribution in [3.63, 3.8) is 0 Å². The van der Waals surface area contributed by atoms with E-state index in [0.29, 0.717) is 23.7 Å². The van der Waals surface area contributed by atoms with E-state index in [1.54, 1.807) is 6.20 Å². The lowest BCUT2D eigenvalue weighted by Crippen LogP contribution is -2.52. The number of carbonyl (C=O) groups excluding carboxylic acids is 1. The number of hydrogen-bond acceptors (Lipinski definition) is 7. The highest BCUT2D eigenvalue weighted by Gasteiger charge is 2.37. The molecule has 2 aliphatic rings. The van der Waals surface area contributed by atoms with E-state index < -0.39 is 0 Å². The Labute approximate surface area is 257 Å². The van der Waals surface area contributed by atoms with E-state index in [1.165, 1.54) is 12.7 Å². The molecule has 3 aromatic heterocycles. The van der Waals surface area contributed by atoms with Gasteiger partial charge in [-0.05, 0) is 80.5 Å². The first-order valence-electron chi connectivity index (χ1n) is 15.6.